The Morgan fingerprint density at radius 3 is 2.76 bits per heavy atom. The number of aliphatic imine (C=N–C) groups is 1. The predicted octanol–water partition coefficient (Wildman–Crippen LogP) is 2.13. The standard InChI is InChI=1S/C23H32N6O4/c1-16-12-17-7-8-18(13-20(17)24-16)25-21(14-29(32)33)26-19-6-2-3-11-28(23(19)31)15-22(30)27-9-4-5-10-27/h7-8,13,16,19,24H,2-6,9-12,14-15H2,1H3,(H,25,26)/t16?,19-/m0/s1. The fraction of sp³-hybridized carbons (Fsp3) is 0.609. The first kappa shape index (κ1) is 23.0. The van der Waals surface area contributed by atoms with Crippen LogP contribution in [-0.2, 0) is 16.0 Å². The molecule has 0 saturated carbocycles. The molecule has 2 N–H and O–H groups in total. The van der Waals surface area contributed by atoms with Crippen LogP contribution in [0.5, 0.6) is 0 Å². The summed E-state index contributed by atoms with van der Waals surface area (Å²) in [4.78, 5) is 44.5. The number of amides is 2. The summed E-state index contributed by atoms with van der Waals surface area (Å²) in [5, 5.41) is 17.8. The summed E-state index contributed by atoms with van der Waals surface area (Å²) in [6.45, 7) is 3.65. The van der Waals surface area contributed by atoms with Crippen LogP contribution in [0, 0.1) is 10.1 Å². The van der Waals surface area contributed by atoms with Crippen molar-refractivity contribution in [2.24, 2.45) is 4.99 Å². The van der Waals surface area contributed by atoms with Crippen LogP contribution in [0.4, 0.5) is 11.4 Å². The van der Waals surface area contributed by atoms with E-state index in [4.69, 9.17) is 0 Å². The maximum atomic E-state index is 13.2. The van der Waals surface area contributed by atoms with Gasteiger partial charge in [0.2, 0.25) is 11.8 Å². The summed E-state index contributed by atoms with van der Waals surface area (Å²) in [5.74, 6) is -0.113. The summed E-state index contributed by atoms with van der Waals surface area (Å²) in [6.07, 6.45) is 5.02. The number of nitro groups is 1. The van der Waals surface area contributed by atoms with Gasteiger partial charge in [0.05, 0.1) is 6.54 Å². The van der Waals surface area contributed by atoms with E-state index in [1.54, 1.807) is 9.80 Å². The first-order valence-electron chi connectivity index (χ1n) is 11.8. The smallest absolute Gasteiger partial charge is 0.260 e. The molecular weight excluding hydrogens is 424 g/mol. The number of likely N-dealkylation sites (tertiary alicyclic amines) is 2. The lowest BCUT2D eigenvalue weighted by atomic mass is 10.1. The molecule has 10 heteroatoms. The fourth-order valence-corrected chi connectivity index (χ4v) is 4.79. The van der Waals surface area contributed by atoms with Crippen molar-refractivity contribution in [1.29, 1.82) is 0 Å². The molecule has 0 aromatic heterocycles. The van der Waals surface area contributed by atoms with Crippen LogP contribution in [0.2, 0.25) is 0 Å². The van der Waals surface area contributed by atoms with Gasteiger partial charge in [-0.05, 0) is 63.1 Å². The Bertz CT molecular complexity index is 943. The van der Waals surface area contributed by atoms with Gasteiger partial charge in [-0.1, -0.05) is 6.07 Å². The minimum Gasteiger partial charge on any atom is -0.382 e. The lowest BCUT2D eigenvalue weighted by molar-refractivity contribution is -0.463. The fourth-order valence-electron chi connectivity index (χ4n) is 4.79. The molecule has 4 rings (SSSR count). The highest BCUT2D eigenvalue weighted by Gasteiger charge is 2.30. The summed E-state index contributed by atoms with van der Waals surface area (Å²) >= 11 is 0. The maximum Gasteiger partial charge on any atom is 0.260 e. The Labute approximate surface area is 193 Å². The molecule has 0 radical (unpaired) electrons. The summed E-state index contributed by atoms with van der Waals surface area (Å²) < 4.78 is 0. The van der Waals surface area contributed by atoms with Crippen molar-refractivity contribution in [1.82, 2.24) is 9.80 Å². The minimum absolute atomic E-state index is 0.0333. The molecule has 0 aliphatic carbocycles. The van der Waals surface area contributed by atoms with Crippen LogP contribution in [0.15, 0.2) is 23.2 Å². The second kappa shape index (κ2) is 10.2. The summed E-state index contributed by atoms with van der Waals surface area (Å²) in [7, 11) is 0. The van der Waals surface area contributed by atoms with E-state index < -0.39 is 17.5 Å². The van der Waals surface area contributed by atoms with Crippen LogP contribution < -0.4 is 10.6 Å². The minimum atomic E-state index is -0.728. The number of rotatable bonds is 6. The lowest BCUT2D eigenvalue weighted by Gasteiger charge is -2.25. The van der Waals surface area contributed by atoms with Gasteiger partial charge in [-0.2, -0.15) is 0 Å². The Kier molecular flexibility index (Phi) is 7.10. The highest BCUT2D eigenvalue weighted by Crippen LogP contribution is 2.28. The highest BCUT2D eigenvalue weighted by molar-refractivity contribution is 5.99. The quantitative estimate of drug-likeness (QED) is 0.293. The largest absolute Gasteiger partial charge is 0.382 e. The Morgan fingerprint density at radius 2 is 2.00 bits per heavy atom. The monoisotopic (exact) mass is 456 g/mol. The van der Waals surface area contributed by atoms with Crippen LogP contribution in [0.1, 0.15) is 44.6 Å². The van der Waals surface area contributed by atoms with Gasteiger partial charge in [0.25, 0.3) is 6.54 Å². The zero-order valence-electron chi connectivity index (χ0n) is 19.1. The molecule has 3 aliphatic heterocycles. The number of anilines is 2. The van der Waals surface area contributed by atoms with Gasteiger partial charge in [-0.3, -0.25) is 24.7 Å². The SMILES string of the molecule is CC1Cc2ccc(NC(C[N+](=O)[O-])=N[C@H]3CCCCN(CC(=O)N4CCCC4)C3=O)cc2N1. The molecular formula is C23H32N6O4. The molecule has 0 spiro atoms. The molecule has 10 nitrogen and oxygen atoms in total. The van der Waals surface area contributed by atoms with Gasteiger partial charge < -0.3 is 20.4 Å². The Balaban J connectivity index is 1.49. The number of carbonyl (C=O) groups excluding carboxylic acids is 2. The first-order valence-corrected chi connectivity index (χ1v) is 11.8. The van der Waals surface area contributed by atoms with E-state index in [1.807, 2.05) is 18.2 Å². The number of nitrogens with zero attached hydrogens (tertiary/aromatic N) is 4. The third kappa shape index (κ3) is 5.80. The first-order chi connectivity index (χ1) is 15.9. The zero-order chi connectivity index (χ0) is 23.4. The van der Waals surface area contributed by atoms with Gasteiger partial charge in [0, 0.05) is 42.0 Å². The van der Waals surface area contributed by atoms with Crippen LogP contribution >= 0.6 is 0 Å². The molecule has 3 heterocycles. The maximum absolute atomic E-state index is 13.2. The second-order valence-electron chi connectivity index (χ2n) is 9.17. The predicted molar refractivity (Wildman–Crippen MR) is 126 cm³/mol. The third-order valence-corrected chi connectivity index (χ3v) is 6.45. The van der Waals surface area contributed by atoms with Gasteiger partial charge in [-0.25, -0.2) is 0 Å². The number of nitrogens with one attached hydrogen (secondary N) is 2. The van der Waals surface area contributed by atoms with Crippen molar-refractivity contribution in [2.45, 2.75) is 57.5 Å². The van der Waals surface area contributed by atoms with Crippen LogP contribution in [-0.4, -0.2) is 77.2 Å². The number of amidine groups is 1. The number of fused-ring (bicyclic) bond motifs is 1. The van der Waals surface area contributed by atoms with Gasteiger partial charge in [0.15, 0.2) is 5.84 Å². The van der Waals surface area contributed by atoms with Crippen molar-refractivity contribution < 1.29 is 14.5 Å². The second-order valence-corrected chi connectivity index (χ2v) is 9.17. The number of benzene rings is 1. The molecule has 33 heavy (non-hydrogen) atoms. The van der Waals surface area contributed by atoms with E-state index in [1.165, 1.54) is 5.56 Å². The third-order valence-electron chi connectivity index (χ3n) is 6.45. The Morgan fingerprint density at radius 1 is 1.24 bits per heavy atom. The van der Waals surface area contributed by atoms with Crippen LogP contribution in [0.25, 0.3) is 0 Å². The summed E-state index contributed by atoms with van der Waals surface area (Å²) in [6, 6.07) is 5.42. The van der Waals surface area contributed by atoms with E-state index in [0.717, 1.165) is 50.9 Å². The molecule has 0 bridgehead atoms. The molecule has 3 aliphatic rings. The van der Waals surface area contributed by atoms with E-state index in [9.17, 15) is 19.7 Å². The number of hydrogen-bond acceptors (Lipinski definition) is 6. The van der Waals surface area contributed by atoms with Crippen molar-refractivity contribution in [3.05, 3.63) is 33.9 Å². The molecule has 1 unspecified atom stereocenters. The average molecular weight is 457 g/mol. The summed E-state index contributed by atoms with van der Waals surface area (Å²) in [5.41, 5.74) is 2.90. The van der Waals surface area contributed by atoms with Crippen molar-refractivity contribution in [3.8, 4) is 0 Å². The van der Waals surface area contributed by atoms with Crippen molar-refractivity contribution >= 4 is 29.0 Å². The van der Waals surface area contributed by atoms with E-state index >= 15 is 0 Å². The molecule has 1 aromatic rings. The highest BCUT2D eigenvalue weighted by atomic mass is 16.6. The topological polar surface area (TPSA) is 120 Å². The Hall–Kier alpha value is -3.17. The van der Waals surface area contributed by atoms with Crippen molar-refractivity contribution in [3.63, 3.8) is 0 Å². The molecule has 2 atom stereocenters. The zero-order valence-corrected chi connectivity index (χ0v) is 19.1. The van der Waals surface area contributed by atoms with E-state index in [0.29, 0.717) is 24.7 Å². The van der Waals surface area contributed by atoms with Crippen LogP contribution in [0.3, 0.4) is 0 Å². The molecule has 178 valence electrons. The molecule has 2 amide bonds. The normalized spacial score (nSPS) is 23.2. The average Bonchev–Trinajstić information content (AvgIpc) is 3.39. The number of carbonyl (C=O) groups is 2. The van der Waals surface area contributed by atoms with Gasteiger partial charge >= 0.3 is 0 Å². The molecule has 2 fully saturated rings. The van der Waals surface area contributed by atoms with E-state index in [2.05, 4.69) is 22.5 Å². The van der Waals surface area contributed by atoms with Crippen molar-refractivity contribution in [2.75, 3.05) is 43.4 Å². The lowest BCUT2D eigenvalue weighted by Crippen LogP contribution is -2.45. The van der Waals surface area contributed by atoms with Gasteiger partial charge in [0.1, 0.15) is 6.04 Å². The van der Waals surface area contributed by atoms with E-state index in [-0.39, 0.29) is 24.2 Å². The number of hydrogen-bond donors (Lipinski definition) is 2. The molecule has 2 saturated heterocycles. The molecule has 1 aromatic carbocycles. The van der Waals surface area contributed by atoms with Gasteiger partial charge in [-0.15, -0.1) is 0 Å².